The van der Waals surface area contributed by atoms with E-state index in [4.69, 9.17) is 9.47 Å². The molecule has 1 fully saturated rings. The van der Waals surface area contributed by atoms with E-state index in [0.717, 1.165) is 38.2 Å². The molecule has 166 valence electrons. The number of ether oxygens (including phenoxy) is 2. The lowest BCUT2D eigenvalue weighted by molar-refractivity contribution is 0.0422. The Balaban J connectivity index is 1.46. The lowest BCUT2D eigenvalue weighted by Gasteiger charge is -2.28. The Bertz CT molecular complexity index is 794. The van der Waals surface area contributed by atoms with Crippen LogP contribution in [-0.4, -0.2) is 19.3 Å². The average Bonchev–Trinajstić information content (AvgIpc) is 2.83. The predicted octanol–water partition coefficient (Wildman–Crippen LogP) is 8.10. The lowest BCUT2D eigenvalue weighted by Crippen LogP contribution is -2.20. The molecule has 0 atom stereocenters. The van der Waals surface area contributed by atoms with Crippen LogP contribution < -0.4 is 4.74 Å². The smallest absolute Gasteiger partial charge is 0.119 e. The number of benzene rings is 2. The van der Waals surface area contributed by atoms with Crippen molar-refractivity contribution in [3.8, 4) is 16.9 Å². The molecule has 0 amide bonds. The third-order valence-electron chi connectivity index (χ3n) is 6.13. The first-order chi connectivity index (χ1) is 15.3. The van der Waals surface area contributed by atoms with Crippen molar-refractivity contribution >= 4 is 0 Å². The Labute approximate surface area is 189 Å². The van der Waals surface area contributed by atoms with Gasteiger partial charge in [0.25, 0.3) is 0 Å². The van der Waals surface area contributed by atoms with Gasteiger partial charge in [-0.25, -0.2) is 0 Å². The summed E-state index contributed by atoms with van der Waals surface area (Å²) in [6.45, 7) is 5.77. The minimum atomic E-state index is 0.411. The number of hydrogen-bond acceptors (Lipinski definition) is 2. The molecule has 0 heterocycles. The quantitative estimate of drug-likeness (QED) is 0.271. The third kappa shape index (κ3) is 7.70. The highest BCUT2D eigenvalue weighted by atomic mass is 16.5. The normalized spacial score (nSPS) is 19.3. The predicted molar refractivity (Wildman–Crippen MR) is 132 cm³/mol. The number of allylic oxidation sites excluding steroid dienone is 3. The summed E-state index contributed by atoms with van der Waals surface area (Å²) in [5.41, 5.74) is 3.98. The van der Waals surface area contributed by atoms with E-state index in [2.05, 4.69) is 67.6 Å². The van der Waals surface area contributed by atoms with Crippen LogP contribution in [0.5, 0.6) is 5.75 Å². The largest absolute Gasteiger partial charge is 0.494 e. The van der Waals surface area contributed by atoms with Crippen molar-refractivity contribution < 1.29 is 9.47 Å². The van der Waals surface area contributed by atoms with Crippen LogP contribution in [0.15, 0.2) is 72.8 Å². The van der Waals surface area contributed by atoms with Gasteiger partial charge < -0.3 is 9.47 Å². The Kier molecular flexibility index (Phi) is 9.92. The molecule has 0 bridgehead atoms. The van der Waals surface area contributed by atoms with E-state index in [0.29, 0.717) is 12.0 Å². The molecule has 0 saturated heterocycles. The van der Waals surface area contributed by atoms with Crippen molar-refractivity contribution in [1.29, 1.82) is 0 Å². The van der Waals surface area contributed by atoms with Crippen molar-refractivity contribution in [2.24, 2.45) is 0 Å². The lowest BCUT2D eigenvalue weighted by atomic mass is 9.82. The molecule has 0 radical (unpaired) electrons. The Morgan fingerprint density at radius 2 is 1.52 bits per heavy atom. The van der Waals surface area contributed by atoms with Crippen molar-refractivity contribution in [2.45, 2.75) is 70.8 Å². The van der Waals surface area contributed by atoms with E-state index in [1.54, 1.807) is 0 Å². The Hall–Kier alpha value is -2.32. The molecule has 3 rings (SSSR count). The molecule has 0 unspecified atom stereocenters. The fraction of sp³-hybridized carbons (Fsp3) is 0.448. The van der Waals surface area contributed by atoms with Crippen LogP contribution in [-0.2, 0) is 4.74 Å². The molecule has 2 aromatic carbocycles. The first-order valence-electron chi connectivity index (χ1n) is 12.0. The standard InChI is InChI=1S/C29H38O2/c1-3-5-7-9-23-31-29-20-16-27(17-21-29)25-12-10-24(11-13-25)26-14-18-28(19-15-26)30-22-8-6-4-2/h3,5,7,9-15,18-19,27,29H,4,6,8,16-17,20-23H2,1-2H3/b5-3+,9-7+. The van der Waals surface area contributed by atoms with Gasteiger partial charge in [0.1, 0.15) is 5.75 Å². The van der Waals surface area contributed by atoms with Crippen molar-refractivity contribution in [3.05, 3.63) is 78.4 Å². The first kappa shape index (κ1) is 23.3. The third-order valence-corrected chi connectivity index (χ3v) is 6.13. The second-order valence-corrected chi connectivity index (χ2v) is 8.46. The van der Waals surface area contributed by atoms with Gasteiger partial charge in [-0.1, -0.05) is 80.5 Å². The van der Waals surface area contributed by atoms with Gasteiger partial charge in [-0.2, -0.15) is 0 Å². The number of rotatable bonds is 11. The fourth-order valence-corrected chi connectivity index (χ4v) is 4.23. The minimum Gasteiger partial charge on any atom is -0.494 e. The highest BCUT2D eigenvalue weighted by molar-refractivity contribution is 5.64. The Morgan fingerprint density at radius 3 is 2.16 bits per heavy atom. The van der Waals surface area contributed by atoms with Gasteiger partial charge in [-0.05, 0) is 73.8 Å². The molecule has 1 aliphatic rings. The van der Waals surface area contributed by atoms with Gasteiger partial charge in [0.2, 0.25) is 0 Å². The molecule has 31 heavy (non-hydrogen) atoms. The van der Waals surface area contributed by atoms with Gasteiger partial charge in [0, 0.05) is 0 Å². The summed E-state index contributed by atoms with van der Waals surface area (Å²) in [6, 6.07) is 17.7. The van der Waals surface area contributed by atoms with Crippen molar-refractivity contribution in [1.82, 2.24) is 0 Å². The molecule has 0 aromatic heterocycles. The summed E-state index contributed by atoms with van der Waals surface area (Å²) < 4.78 is 11.8. The van der Waals surface area contributed by atoms with E-state index >= 15 is 0 Å². The average molecular weight is 419 g/mol. The maximum atomic E-state index is 6.01. The molecule has 2 nitrogen and oxygen atoms in total. The van der Waals surface area contributed by atoms with Crippen molar-refractivity contribution in [2.75, 3.05) is 13.2 Å². The molecule has 1 aliphatic carbocycles. The summed E-state index contributed by atoms with van der Waals surface area (Å²) in [6.07, 6.45) is 17.0. The molecule has 0 N–H and O–H groups in total. The van der Waals surface area contributed by atoms with Gasteiger partial charge in [0.05, 0.1) is 19.3 Å². The highest BCUT2D eigenvalue weighted by Gasteiger charge is 2.22. The van der Waals surface area contributed by atoms with E-state index in [9.17, 15) is 0 Å². The maximum absolute atomic E-state index is 6.01. The number of unbranched alkanes of at least 4 members (excludes halogenated alkanes) is 2. The van der Waals surface area contributed by atoms with Gasteiger partial charge in [-0.3, -0.25) is 0 Å². The van der Waals surface area contributed by atoms with Crippen molar-refractivity contribution in [3.63, 3.8) is 0 Å². The molecular formula is C29H38O2. The van der Waals surface area contributed by atoms with Gasteiger partial charge in [-0.15, -0.1) is 0 Å². The van der Waals surface area contributed by atoms with Crippen LogP contribution in [0.25, 0.3) is 11.1 Å². The van der Waals surface area contributed by atoms with E-state index in [1.807, 2.05) is 19.1 Å². The van der Waals surface area contributed by atoms with Crippen LogP contribution in [0.1, 0.15) is 70.3 Å². The molecule has 2 heteroatoms. The zero-order chi connectivity index (χ0) is 21.7. The summed E-state index contributed by atoms with van der Waals surface area (Å²) in [7, 11) is 0. The van der Waals surface area contributed by atoms with Crippen LogP contribution >= 0.6 is 0 Å². The summed E-state index contributed by atoms with van der Waals surface area (Å²) in [5, 5.41) is 0. The maximum Gasteiger partial charge on any atom is 0.119 e. The molecular weight excluding hydrogens is 380 g/mol. The fourth-order valence-electron chi connectivity index (χ4n) is 4.23. The summed E-state index contributed by atoms with van der Waals surface area (Å²) in [4.78, 5) is 0. The van der Waals surface area contributed by atoms with E-state index in [1.165, 1.54) is 42.4 Å². The molecule has 0 spiro atoms. The second kappa shape index (κ2) is 13.2. The van der Waals surface area contributed by atoms with Crippen LogP contribution in [0.2, 0.25) is 0 Å². The molecule has 2 aromatic rings. The van der Waals surface area contributed by atoms with Crippen LogP contribution in [0, 0.1) is 0 Å². The minimum absolute atomic E-state index is 0.411. The highest BCUT2D eigenvalue weighted by Crippen LogP contribution is 2.35. The van der Waals surface area contributed by atoms with E-state index in [-0.39, 0.29) is 0 Å². The van der Waals surface area contributed by atoms with Gasteiger partial charge >= 0.3 is 0 Å². The summed E-state index contributed by atoms with van der Waals surface area (Å²) in [5.74, 6) is 1.62. The first-order valence-corrected chi connectivity index (χ1v) is 12.0. The SMILES string of the molecule is C/C=C/C=C/COC1CCC(c2ccc(-c3ccc(OCCCCC)cc3)cc2)CC1. The zero-order valence-electron chi connectivity index (χ0n) is 19.3. The number of hydrogen-bond donors (Lipinski definition) is 0. The molecule has 1 saturated carbocycles. The topological polar surface area (TPSA) is 18.5 Å². The van der Waals surface area contributed by atoms with Gasteiger partial charge in [0.15, 0.2) is 0 Å². The second-order valence-electron chi connectivity index (χ2n) is 8.46. The molecule has 0 aliphatic heterocycles. The Morgan fingerprint density at radius 1 is 0.839 bits per heavy atom. The van der Waals surface area contributed by atoms with Crippen LogP contribution in [0.4, 0.5) is 0 Å². The van der Waals surface area contributed by atoms with Crippen LogP contribution in [0.3, 0.4) is 0 Å². The van der Waals surface area contributed by atoms with E-state index < -0.39 is 0 Å². The monoisotopic (exact) mass is 418 g/mol. The zero-order valence-corrected chi connectivity index (χ0v) is 19.3. The summed E-state index contributed by atoms with van der Waals surface area (Å²) >= 11 is 0.